The van der Waals surface area contributed by atoms with Gasteiger partial charge < -0.3 is 15.1 Å². The van der Waals surface area contributed by atoms with Crippen molar-refractivity contribution in [1.29, 1.82) is 0 Å². The maximum Gasteiger partial charge on any atom is 0.434 e. The standard InChI is InChI=1S/C16H17F5N4O2/c1-7(9-2-3-22-6-11(9)18)23-12-5-8(14-24-25-15(26)27-14)4-10(17)13(12)16(19,20)21/h4-5,7,9,11,22-23H,2-3,6H2,1H3,(H,25,26)/t7?,9-,11-/m1/s1. The second-order valence-electron chi connectivity index (χ2n) is 6.40. The molecule has 6 nitrogen and oxygen atoms in total. The SMILES string of the molecule is CC(Nc1cc(-c2n[nH]c(=O)o2)cc(F)c1C(F)(F)F)[C@H]1CCNC[C@H]1F. The van der Waals surface area contributed by atoms with Crippen LogP contribution in [0.2, 0.25) is 0 Å². The highest BCUT2D eigenvalue weighted by atomic mass is 19.4. The van der Waals surface area contributed by atoms with E-state index in [-0.39, 0.29) is 18.0 Å². The number of hydrogen-bond acceptors (Lipinski definition) is 5. The molecule has 2 heterocycles. The van der Waals surface area contributed by atoms with Crippen molar-refractivity contribution < 1.29 is 26.4 Å². The number of aromatic nitrogens is 2. The highest BCUT2D eigenvalue weighted by molar-refractivity contribution is 5.66. The van der Waals surface area contributed by atoms with Crippen LogP contribution in [0.3, 0.4) is 0 Å². The molecule has 0 radical (unpaired) electrons. The van der Waals surface area contributed by atoms with Crippen LogP contribution in [-0.4, -0.2) is 35.5 Å². The van der Waals surface area contributed by atoms with Crippen molar-refractivity contribution in [3.8, 4) is 11.5 Å². The molecule has 0 spiro atoms. The van der Waals surface area contributed by atoms with Crippen LogP contribution >= 0.6 is 0 Å². The second kappa shape index (κ2) is 7.29. The lowest BCUT2D eigenvalue weighted by Gasteiger charge is -2.33. The van der Waals surface area contributed by atoms with Gasteiger partial charge in [0.1, 0.15) is 17.6 Å². The van der Waals surface area contributed by atoms with E-state index in [9.17, 15) is 26.7 Å². The molecule has 2 aromatic rings. The van der Waals surface area contributed by atoms with Crippen molar-refractivity contribution in [3.05, 3.63) is 34.1 Å². The molecule has 1 saturated heterocycles. The monoisotopic (exact) mass is 392 g/mol. The Morgan fingerprint density at radius 2 is 2.11 bits per heavy atom. The van der Waals surface area contributed by atoms with E-state index in [0.717, 1.165) is 6.07 Å². The van der Waals surface area contributed by atoms with Gasteiger partial charge in [0.05, 0.1) is 5.69 Å². The van der Waals surface area contributed by atoms with Crippen LogP contribution in [0.25, 0.3) is 11.5 Å². The number of halogens is 5. The van der Waals surface area contributed by atoms with E-state index >= 15 is 0 Å². The second-order valence-corrected chi connectivity index (χ2v) is 6.40. The van der Waals surface area contributed by atoms with E-state index in [1.807, 2.05) is 5.10 Å². The number of benzene rings is 1. The van der Waals surface area contributed by atoms with E-state index < -0.39 is 47.1 Å². The van der Waals surface area contributed by atoms with Crippen molar-refractivity contribution >= 4 is 5.69 Å². The average molecular weight is 392 g/mol. The van der Waals surface area contributed by atoms with Gasteiger partial charge in [-0.15, -0.1) is 5.10 Å². The number of H-pyrrole nitrogens is 1. The van der Waals surface area contributed by atoms with Gasteiger partial charge in [0.25, 0.3) is 0 Å². The first-order chi connectivity index (χ1) is 12.7. The van der Waals surface area contributed by atoms with Crippen LogP contribution < -0.4 is 16.4 Å². The summed E-state index contributed by atoms with van der Waals surface area (Å²) in [7, 11) is 0. The summed E-state index contributed by atoms with van der Waals surface area (Å²) in [5, 5.41) is 10.9. The predicted octanol–water partition coefficient (Wildman–Crippen LogP) is 2.94. The minimum absolute atomic E-state index is 0.107. The lowest BCUT2D eigenvalue weighted by Crippen LogP contribution is -2.44. The van der Waals surface area contributed by atoms with Crippen LogP contribution in [-0.2, 0) is 6.18 Å². The lowest BCUT2D eigenvalue weighted by atomic mass is 9.89. The Morgan fingerprint density at radius 3 is 2.70 bits per heavy atom. The smallest absolute Gasteiger partial charge is 0.388 e. The van der Waals surface area contributed by atoms with Gasteiger partial charge in [0, 0.05) is 24.1 Å². The normalized spacial score (nSPS) is 21.9. The molecule has 1 aliphatic heterocycles. The van der Waals surface area contributed by atoms with Crippen molar-refractivity contribution in [1.82, 2.24) is 15.5 Å². The summed E-state index contributed by atoms with van der Waals surface area (Å²) in [5.74, 6) is -3.37. The van der Waals surface area contributed by atoms with Crippen molar-refractivity contribution in [3.63, 3.8) is 0 Å². The molecule has 0 aliphatic carbocycles. The minimum atomic E-state index is -4.97. The maximum absolute atomic E-state index is 14.3. The average Bonchev–Trinajstić information content (AvgIpc) is 3.00. The molecule has 11 heteroatoms. The molecular formula is C16H17F5N4O2. The van der Waals surface area contributed by atoms with Crippen molar-refractivity contribution in [2.45, 2.75) is 31.7 Å². The Balaban J connectivity index is 2.00. The first kappa shape index (κ1) is 19.3. The van der Waals surface area contributed by atoms with Gasteiger partial charge >= 0.3 is 11.9 Å². The molecule has 0 amide bonds. The largest absolute Gasteiger partial charge is 0.434 e. The topological polar surface area (TPSA) is 83.0 Å². The van der Waals surface area contributed by atoms with Crippen LogP contribution in [0.15, 0.2) is 21.3 Å². The quantitative estimate of drug-likeness (QED) is 0.697. The molecule has 1 aromatic heterocycles. The molecule has 1 fully saturated rings. The number of rotatable bonds is 4. The van der Waals surface area contributed by atoms with Gasteiger partial charge in [-0.05, 0) is 32.0 Å². The molecule has 1 aliphatic rings. The Morgan fingerprint density at radius 1 is 1.37 bits per heavy atom. The summed E-state index contributed by atoms with van der Waals surface area (Å²) in [6.07, 6.45) is -5.79. The molecule has 0 bridgehead atoms. The van der Waals surface area contributed by atoms with Crippen LogP contribution in [0, 0.1) is 11.7 Å². The number of nitrogens with one attached hydrogen (secondary N) is 3. The summed E-state index contributed by atoms with van der Waals surface area (Å²) >= 11 is 0. The maximum atomic E-state index is 14.3. The fourth-order valence-corrected chi connectivity index (χ4v) is 3.24. The first-order valence-corrected chi connectivity index (χ1v) is 8.24. The van der Waals surface area contributed by atoms with Crippen LogP contribution in [0.1, 0.15) is 18.9 Å². The molecule has 3 atom stereocenters. The molecule has 3 N–H and O–H groups in total. The zero-order valence-electron chi connectivity index (χ0n) is 14.2. The zero-order chi connectivity index (χ0) is 19.8. The lowest BCUT2D eigenvalue weighted by molar-refractivity contribution is -0.139. The number of aromatic amines is 1. The molecule has 0 saturated carbocycles. The Bertz CT molecular complexity index is 863. The summed E-state index contributed by atoms with van der Waals surface area (Å²) < 4.78 is 73.1. The molecule has 1 aromatic carbocycles. The third-order valence-corrected chi connectivity index (χ3v) is 4.54. The van der Waals surface area contributed by atoms with Crippen LogP contribution in [0.5, 0.6) is 0 Å². The van der Waals surface area contributed by atoms with E-state index in [2.05, 4.69) is 20.1 Å². The van der Waals surface area contributed by atoms with Gasteiger partial charge in [-0.25, -0.2) is 18.7 Å². The number of nitrogens with zero attached hydrogens (tertiary/aromatic N) is 1. The molecule has 1 unspecified atom stereocenters. The minimum Gasteiger partial charge on any atom is -0.388 e. The summed E-state index contributed by atoms with van der Waals surface area (Å²) in [4.78, 5) is 11.1. The molecule has 148 valence electrons. The highest BCUT2D eigenvalue weighted by Gasteiger charge is 2.39. The summed E-state index contributed by atoms with van der Waals surface area (Å²) in [6, 6.07) is 0.875. The third kappa shape index (κ3) is 4.12. The predicted molar refractivity (Wildman–Crippen MR) is 86.5 cm³/mol. The number of hydrogen-bond donors (Lipinski definition) is 3. The Hall–Kier alpha value is -2.43. The van der Waals surface area contributed by atoms with E-state index in [0.29, 0.717) is 19.0 Å². The first-order valence-electron chi connectivity index (χ1n) is 8.24. The van der Waals surface area contributed by atoms with Gasteiger partial charge in [0.2, 0.25) is 5.89 Å². The molecule has 3 rings (SSSR count). The van der Waals surface area contributed by atoms with E-state index in [1.165, 1.54) is 0 Å². The Labute approximate surface area is 150 Å². The van der Waals surface area contributed by atoms with Crippen molar-refractivity contribution in [2.24, 2.45) is 5.92 Å². The van der Waals surface area contributed by atoms with Crippen LogP contribution in [0.4, 0.5) is 27.6 Å². The summed E-state index contributed by atoms with van der Waals surface area (Å²) in [5.41, 5.74) is -2.22. The third-order valence-electron chi connectivity index (χ3n) is 4.54. The molecule has 27 heavy (non-hydrogen) atoms. The van der Waals surface area contributed by atoms with Gasteiger partial charge in [0.15, 0.2) is 0 Å². The number of alkyl halides is 4. The Kier molecular flexibility index (Phi) is 5.22. The number of anilines is 1. The van der Waals surface area contributed by atoms with E-state index in [1.54, 1.807) is 6.92 Å². The fourth-order valence-electron chi connectivity index (χ4n) is 3.24. The van der Waals surface area contributed by atoms with Gasteiger partial charge in [-0.1, -0.05) is 0 Å². The van der Waals surface area contributed by atoms with E-state index in [4.69, 9.17) is 0 Å². The zero-order valence-corrected chi connectivity index (χ0v) is 14.2. The van der Waals surface area contributed by atoms with Crippen molar-refractivity contribution in [2.75, 3.05) is 18.4 Å². The van der Waals surface area contributed by atoms with Gasteiger partial charge in [-0.3, -0.25) is 0 Å². The fraction of sp³-hybridized carbons (Fsp3) is 0.500. The number of piperidine rings is 1. The summed E-state index contributed by atoms with van der Waals surface area (Å²) in [6.45, 7) is 2.19. The highest BCUT2D eigenvalue weighted by Crippen LogP contribution is 2.40. The van der Waals surface area contributed by atoms with Gasteiger partial charge in [-0.2, -0.15) is 13.2 Å². The molecular weight excluding hydrogens is 375 g/mol.